The molecule has 0 bridgehead atoms. The van der Waals surface area contributed by atoms with Crippen LogP contribution in [-0.4, -0.2) is 26.7 Å². The van der Waals surface area contributed by atoms with Crippen molar-refractivity contribution >= 4 is 34.2 Å². The third kappa shape index (κ3) is 4.66. The summed E-state index contributed by atoms with van der Waals surface area (Å²) >= 11 is 0. The van der Waals surface area contributed by atoms with Gasteiger partial charge in [-0.25, -0.2) is 13.9 Å². The van der Waals surface area contributed by atoms with Crippen molar-refractivity contribution in [1.29, 1.82) is 0 Å². The van der Waals surface area contributed by atoms with Crippen molar-refractivity contribution in [3.63, 3.8) is 0 Å². The normalized spacial score (nSPS) is 12.8. The number of carbonyl (C=O) groups is 2. The molecule has 0 aliphatic carbocycles. The van der Waals surface area contributed by atoms with E-state index in [2.05, 4.69) is 20.9 Å². The molecular formula is C31H27FN6O2. The van der Waals surface area contributed by atoms with Gasteiger partial charge in [-0.3, -0.25) is 15.1 Å². The second-order valence-electron chi connectivity index (χ2n) is 10.8. The molecule has 3 heterocycles. The van der Waals surface area contributed by atoms with Gasteiger partial charge in [0.2, 0.25) is 0 Å². The molecule has 1 aliphatic rings. The van der Waals surface area contributed by atoms with Crippen LogP contribution in [0.15, 0.2) is 79.1 Å². The largest absolute Gasteiger partial charge is 0.348 e. The first-order chi connectivity index (χ1) is 19.2. The molecule has 3 N–H and O–H groups in total. The second-order valence-corrected chi connectivity index (χ2v) is 10.8. The van der Waals surface area contributed by atoms with E-state index in [1.165, 1.54) is 6.07 Å². The SMILES string of the molecule is CC(C)(C)c1cc(NC(=O)Nc2cc(-c3cccc4c3CNC4=O)ccc2F)n(-c2ccc3cnccc3c2)n1. The van der Waals surface area contributed by atoms with Crippen LogP contribution in [0.3, 0.4) is 0 Å². The lowest BCUT2D eigenvalue weighted by atomic mass is 9.92. The van der Waals surface area contributed by atoms with Crippen molar-refractivity contribution < 1.29 is 14.0 Å². The summed E-state index contributed by atoms with van der Waals surface area (Å²) < 4.78 is 16.5. The Morgan fingerprint density at radius 2 is 1.80 bits per heavy atom. The molecule has 0 fully saturated rings. The zero-order valence-corrected chi connectivity index (χ0v) is 22.2. The predicted molar refractivity (Wildman–Crippen MR) is 153 cm³/mol. The number of rotatable bonds is 4. The lowest BCUT2D eigenvalue weighted by Gasteiger charge is -2.14. The summed E-state index contributed by atoms with van der Waals surface area (Å²) in [6.07, 6.45) is 3.51. The van der Waals surface area contributed by atoms with Gasteiger partial charge in [0.05, 0.1) is 17.1 Å². The molecule has 1 aliphatic heterocycles. The summed E-state index contributed by atoms with van der Waals surface area (Å²) in [5.74, 6) is -0.267. The Morgan fingerprint density at radius 3 is 2.62 bits per heavy atom. The fourth-order valence-electron chi connectivity index (χ4n) is 4.82. The van der Waals surface area contributed by atoms with E-state index in [0.717, 1.165) is 33.3 Å². The van der Waals surface area contributed by atoms with Crippen LogP contribution in [0, 0.1) is 5.82 Å². The number of halogens is 1. The number of fused-ring (bicyclic) bond motifs is 2. The van der Waals surface area contributed by atoms with Gasteiger partial charge in [-0.15, -0.1) is 0 Å². The van der Waals surface area contributed by atoms with E-state index in [1.54, 1.807) is 41.3 Å². The third-order valence-corrected chi connectivity index (χ3v) is 6.96. The lowest BCUT2D eigenvalue weighted by Crippen LogP contribution is -2.22. The van der Waals surface area contributed by atoms with Crippen molar-refractivity contribution in [1.82, 2.24) is 20.1 Å². The molecule has 0 atom stereocenters. The van der Waals surface area contributed by atoms with E-state index in [1.807, 2.05) is 57.2 Å². The van der Waals surface area contributed by atoms with Crippen molar-refractivity contribution in [2.24, 2.45) is 0 Å². The number of hydrogen-bond acceptors (Lipinski definition) is 4. The van der Waals surface area contributed by atoms with E-state index in [-0.39, 0.29) is 17.0 Å². The van der Waals surface area contributed by atoms with Crippen LogP contribution in [0.4, 0.5) is 20.7 Å². The maximum Gasteiger partial charge on any atom is 0.324 e. The molecule has 200 valence electrons. The topological polar surface area (TPSA) is 101 Å². The zero-order chi connectivity index (χ0) is 28.0. The minimum Gasteiger partial charge on any atom is -0.348 e. The van der Waals surface area contributed by atoms with Crippen LogP contribution in [0.1, 0.15) is 42.4 Å². The molecule has 3 aromatic carbocycles. The average Bonchev–Trinajstić information content (AvgIpc) is 3.53. The summed E-state index contributed by atoms with van der Waals surface area (Å²) in [4.78, 5) is 29.4. The standard InChI is InChI=1S/C31H27FN6O2/c1-31(2,3)27-15-28(38(37-27)21-9-7-20-16-33-12-11-18(20)13-21)36-30(40)35-26-14-19(8-10-25(26)32)22-5-4-6-23-24(22)17-34-29(23)39/h4-16H,17H2,1-3H3,(H,34,39)(H2,35,36,40). The van der Waals surface area contributed by atoms with Gasteiger partial charge in [0, 0.05) is 41.4 Å². The monoisotopic (exact) mass is 534 g/mol. The van der Waals surface area contributed by atoms with E-state index in [4.69, 9.17) is 5.10 Å². The van der Waals surface area contributed by atoms with E-state index >= 15 is 0 Å². The van der Waals surface area contributed by atoms with Crippen molar-refractivity contribution in [2.75, 3.05) is 10.6 Å². The molecule has 5 aromatic rings. The Kier molecular flexibility index (Phi) is 6.06. The number of nitrogens with zero attached hydrogens (tertiary/aromatic N) is 3. The first kappa shape index (κ1) is 25.2. The summed E-state index contributed by atoms with van der Waals surface area (Å²) in [6, 6.07) is 18.9. The van der Waals surface area contributed by atoms with Gasteiger partial charge >= 0.3 is 6.03 Å². The van der Waals surface area contributed by atoms with Gasteiger partial charge in [-0.05, 0) is 58.5 Å². The van der Waals surface area contributed by atoms with E-state index < -0.39 is 11.8 Å². The highest BCUT2D eigenvalue weighted by atomic mass is 19.1. The number of amides is 3. The van der Waals surface area contributed by atoms with Crippen LogP contribution in [-0.2, 0) is 12.0 Å². The van der Waals surface area contributed by atoms with Gasteiger partial charge < -0.3 is 10.6 Å². The Balaban J connectivity index is 1.31. The maximum atomic E-state index is 14.8. The number of urea groups is 1. The lowest BCUT2D eigenvalue weighted by molar-refractivity contribution is 0.0965. The fraction of sp³-hybridized carbons (Fsp3) is 0.161. The van der Waals surface area contributed by atoms with Crippen molar-refractivity contribution in [3.8, 4) is 16.8 Å². The Labute approximate surface area is 230 Å². The number of benzene rings is 3. The number of carbonyl (C=O) groups excluding carboxylic acids is 2. The van der Waals surface area contributed by atoms with Crippen molar-refractivity contribution in [3.05, 3.63) is 102 Å². The van der Waals surface area contributed by atoms with Gasteiger partial charge in [0.25, 0.3) is 5.91 Å². The minimum atomic E-state index is -0.613. The van der Waals surface area contributed by atoms with Crippen LogP contribution in [0.5, 0.6) is 0 Å². The second kappa shape index (κ2) is 9.60. The molecular weight excluding hydrogens is 507 g/mol. The summed E-state index contributed by atoms with van der Waals surface area (Å²) in [7, 11) is 0. The van der Waals surface area contributed by atoms with E-state index in [0.29, 0.717) is 23.5 Å². The molecule has 0 spiro atoms. The highest BCUT2D eigenvalue weighted by molar-refractivity contribution is 6.02. The number of anilines is 2. The molecule has 0 radical (unpaired) electrons. The smallest absolute Gasteiger partial charge is 0.324 e. The maximum absolute atomic E-state index is 14.8. The fourth-order valence-corrected chi connectivity index (χ4v) is 4.82. The Morgan fingerprint density at radius 1 is 0.975 bits per heavy atom. The molecule has 0 unspecified atom stereocenters. The minimum absolute atomic E-state index is 0.0187. The molecule has 2 aromatic heterocycles. The summed E-state index contributed by atoms with van der Waals surface area (Å²) in [5, 5.41) is 15.1. The van der Waals surface area contributed by atoms with Gasteiger partial charge in [0.15, 0.2) is 0 Å². The van der Waals surface area contributed by atoms with Crippen molar-refractivity contribution in [2.45, 2.75) is 32.7 Å². The highest BCUT2D eigenvalue weighted by Gasteiger charge is 2.24. The molecule has 9 heteroatoms. The van der Waals surface area contributed by atoms with Crippen LogP contribution >= 0.6 is 0 Å². The molecule has 8 nitrogen and oxygen atoms in total. The number of hydrogen-bond donors (Lipinski definition) is 3. The quantitative estimate of drug-likeness (QED) is 0.248. The summed E-state index contributed by atoms with van der Waals surface area (Å²) in [5.41, 5.74) is 4.23. The van der Waals surface area contributed by atoms with Crippen LogP contribution in [0.2, 0.25) is 0 Å². The first-order valence-corrected chi connectivity index (χ1v) is 12.9. The third-order valence-electron chi connectivity index (χ3n) is 6.96. The molecule has 0 saturated carbocycles. The highest BCUT2D eigenvalue weighted by Crippen LogP contribution is 2.32. The van der Waals surface area contributed by atoms with Crippen LogP contribution < -0.4 is 16.0 Å². The number of nitrogens with one attached hydrogen (secondary N) is 3. The molecule has 40 heavy (non-hydrogen) atoms. The van der Waals surface area contributed by atoms with E-state index in [9.17, 15) is 14.0 Å². The molecule has 6 rings (SSSR count). The molecule has 3 amide bonds. The number of pyridine rings is 1. The van der Waals surface area contributed by atoms with Gasteiger partial charge in [0.1, 0.15) is 11.6 Å². The number of aromatic nitrogens is 3. The average molecular weight is 535 g/mol. The zero-order valence-electron chi connectivity index (χ0n) is 22.2. The van der Waals surface area contributed by atoms with Gasteiger partial charge in [-0.1, -0.05) is 45.0 Å². The first-order valence-electron chi connectivity index (χ1n) is 12.9. The molecule has 0 saturated heterocycles. The van der Waals surface area contributed by atoms with Crippen LogP contribution in [0.25, 0.3) is 27.6 Å². The Hall–Kier alpha value is -5.05. The summed E-state index contributed by atoms with van der Waals surface area (Å²) in [6.45, 7) is 6.52. The Bertz CT molecular complexity index is 1800. The predicted octanol–water partition coefficient (Wildman–Crippen LogP) is 6.41. The van der Waals surface area contributed by atoms with Gasteiger partial charge in [-0.2, -0.15) is 5.10 Å².